The second-order valence-electron chi connectivity index (χ2n) is 6.52. The molecular weight excluding hydrogens is 196 g/mol. The normalized spacial score (nSPS) is 22.1. The molecule has 0 bridgehead atoms. The van der Waals surface area contributed by atoms with Crippen LogP contribution in [0.15, 0.2) is 0 Å². The van der Waals surface area contributed by atoms with E-state index in [0.717, 1.165) is 24.9 Å². The molecule has 1 atom stereocenters. The van der Waals surface area contributed by atoms with E-state index in [9.17, 15) is 5.26 Å². The SMILES string of the molecule is CC(C)C1CCN(C(C#N)C(C)(C)C)CC1. The Bertz CT molecular complexity index is 249. The molecule has 0 saturated carbocycles. The van der Waals surface area contributed by atoms with Crippen LogP contribution in [0.2, 0.25) is 0 Å². The van der Waals surface area contributed by atoms with Gasteiger partial charge in [0.15, 0.2) is 0 Å². The number of nitrogens with zero attached hydrogens (tertiary/aromatic N) is 2. The minimum absolute atomic E-state index is 0.0689. The smallest absolute Gasteiger partial charge is 0.103 e. The van der Waals surface area contributed by atoms with E-state index in [1.54, 1.807) is 0 Å². The number of likely N-dealkylation sites (tertiary alicyclic amines) is 1. The van der Waals surface area contributed by atoms with E-state index < -0.39 is 0 Å². The highest BCUT2D eigenvalue weighted by Gasteiger charge is 2.33. The predicted octanol–water partition coefficient (Wildman–Crippen LogP) is 3.29. The lowest BCUT2D eigenvalue weighted by Crippen LogP contribution is -2.47. The molecule has 0 amide bonds. The van der Waals surface area contributed by atoms with E-state index in [4.69, 9.17) is 0 Å². The van der Waals surface area contributed by atoms with Gasteiger partial charge in [-0.1, -0.05) is 34.6 Å². The fourth-order valence-corrected chi connectivity index (χ4v) is 2.67. The van der Waals surface area contributed by atoms with Crippen molar-refractivity contribution in [1.29, 1.82) is 5.26 Å². The fourth-order valence-electron chi connectivity index (χ4n) is 2.67. The zero-order chi connectivity index (χ0) is 12.3. The summed E-state index contributed by atoms with van der Waals surface area (Å²) in [5.41, 5.74) is 0.0689. The first-order chi connectivity index (χ1) is 7.36. The Balaban J connectivity index is 2.56. The van der Waals surface area contributed by atoms with Gasteiger partial charge in [-0.3, -0.25) is 4.90 Å². The van der Waals surface area contributed by atoms with Crippen molar-refractivity contribution in [3.8, 4) is 6.07 Å². The van der Waals surface area contributed by atoms with E-state index in [2.05, 4.69) is 45.6 Å². The minimum atomic E-state index is 0.0689. The van der Waals surface area contributed by atoms with Crippen LogP contribution in [0.3, 0.4) is 0 Å². The van der Waals surface area contributed by atoms with Crippen LogP contribution in [0.4, 0.5) is 0 Å². The minimum Gasteiger partial charge on any atom is -0.288 e. The van der Waals surface area contributed by atoms with Crippen LogP contribution in [-0.4, -0.2) is 24.0 Å². The summed E-state index contributed by atoms with van der Waals surface area (Å²) < 4.78 is 0. The van der Waals surface area contributed by atoms with E-state index >= 15 is 0 Å². The fraction of sp³-hybridized carbons (Fsp3) is 0.929. The van der Waals surface area contributed by atoms with Gasteiger partial charge in [0.2, 0.25) is 0 Å². The van der Waals surface area contributed by atoms with Gasteiger partial charge in [0.1, 0.15) is 6.04 Å². The molecule has 1 unspecified atom stereocenters. The number of nitriles is 1. The van der Waals surface area contributed by atoms with Crippen LogP contribution in [0.5, 0.6) is 0 Å². The monoisotopic (exact) mass is 222 g/mol. The van der Waals surface area contributed by atoms with Gasteiger partial charge in [0.25, 0.3) is 0 Å². The van der Waals surface area contributed by atoms with Crippen molar-refractivity contribution in [2.75, 3.05) is 13.1 Å². The lowest BCUT2D eigenvalue weighted by molar-refractivity contribution is 0.0849. The zero-order valence-corrected chi connectivity index (χ0v) is 11.5. The van der Waals surface area contributed by atoms with Gasteiger partial charge >= 0.3 is 0 Å². The third-order valence-electron chi connectivity index (χ3n) is 3.82. The van der Waals surface area contributed by atoms with E-state index in [-0.39, 0.29) is 11.5 Å². The van der Waals surface area contributed by atoms with Crippen molar-refractivity contribution < 1.29 is 0 Å². The number of rotatable bonds is 2. The molecule has 1 fully saturated rings. The van der Waals surface area contributed by atoms with Crippen molar-refractivity contribution >= 4 is 0 Å². The van der Waals surface area contributed by atoms with Crippen LogP contribution < -0.4 is 0 Å². The number of hydrogen-bond donors (Lipinski definition) is 0. The van der Waals surface area contributed by atoms with Gasteiger partial charge in [-0.2, -0.15) is 5.26 Å². The van der Waals surface area contributed by atoms with Crippen molar-refractivity contribution in [3.05, 3.63) is 0 Å². The second-order valence-corrected chi connectivity index (χ2v) is 6.52. The lowest BCUT2D eigenvalue weighted by Gasteiger charge is -2.40. The topological polar surface area (TPSA) is 27.0 Å². The standard InChI is InChI=1S/C14H26N2/c1-11(2)12-6-8-16(9-7-12)13(10-15)14(3,4)5/h11-13H,6-9H2,1-5H3. The van der Waals surface area contributed by atoms with E-state index in [0.29, 0.717) is 0 Å². The van der Waals surface area contributed by atoms with Crippen molar-refractivity contribution in [3.63, 3.8) is 0 Å². The first-order valence-electron chi connectivity index (χ1n) is 6.50. The average molecular weight is 222 g/mol. The molecule has 1 heterocycles. The molecule has 2 heteroatoms. The summed E-state index contributed by atoms with van der Waals surface area (Å²) in [5, 5.41) is 9.30. The summed E-state index contributed by atoms with van der Waals surface area (Å²) in [6.45, 7) is 13.3. The highest BCUT2D eigenvalue weighted by molar-refractivity contribution is 5.00. The van der Waals surface area contributed by atoms with Crippen LogP contribution in [0, 0.1) is 28.6 Å². The Labute approximate surface area is 101 Å². The molecule has 1 saturated heterocycles. The number of hydrogen-bond acceptors (Lipinski definition) is 2. The summed E-state index contributed by atoms with van der Waals surface area (Å²) >= 11 is 0. The average Bonchev–Trinajstić information content (AvgIpc) is 2.17. The Morgan fingerprint density at radius 1 is 1.19 bits per heavy atom. The highest BCUT2D eigenvalue weighted by atomic mass is 15.2. The Hall–Kier alpha value is -0.550. The quantitative estimate of drug-likeness (QED) is 0.717. The third-order valence-corrected chi connectivity index (χ3v) is 3.82. The second kappa shape index (κ2) is 5.19. The third kappa shape index (κ3) is 3.22. The molecular formula is C14H26N2. The molecule has 2 nitrogen and oxygen atoms in total. The van der Waals surface area contributed by atoms with Gasteiger partial charge in [-0.05, 0) is 43.2 Å². The maximum absolute atomic E-state index is 9.30. The molecule has 0 N–H and O–H groups in total. The molecule has 16 heavy (non-hydrogen) atoms. The van der Waals surface area contributed by atoms with Crippen LogP contribution in [-0.2, 0) is 0 Å². The zero-order valence-electron chi connectivity index (χ0n) is 11.5. The van der Waals surface area contributed by atoms with E-state index in [1.807, 2.05) is 0 Å². The molecule has 0 radical (unpaired) electrons. The Morgan fingerprint density at radius 2 is 1.69 bits per heavy atom. The molecule has 1 aliphatic rings. The van der Waals surface area contributed by atoms with E-state index in [1.165, 1.54) is 12.8 Å². The maximum Gasteiger partial charge on any atom is 0.103 e. The molecule has 0 aromatic heterocycles. The van der Waals surface area contributed by atoms with Crippen LogP contribution >= 0.6 is 0 Å². The molecule has 0 aliphatic carbocycles. The van der Waals surface area contributed by atoms with Crippen LogP contribution in [0.1, 0.15) is 47.5 Å². The van der Waals surface area contributed by atoms with Gasteiger partial charge < -0.3 is 0 Å². The summed E-state index contributed by atoms with van der Waals surface area (Å²) in [5.74, 6) is 1.65. The first-order valence-corrected chi connectivity index (χ1v) is 6.50. The number of piperidine rings is 1. The summed E-state index contributed by atoms with van der Waals surface area (Å²) in [7, 11) is 0. The Kier molecular flexibility index (Phi) is 4.38. The van der Waals surface area contributed by atoms with Gasteiger partial charge in [-0.25, -0.2) is 0 Å². The van der Waals surface area contributed by atoms with Crippen molar-refractivity contribution in [2.24, 2.45) is 17.3 Å². The van der Waals surface area contributed by atoms with Crippen molar-refractivity contribution in [2.45, 2.75) is 53.5 Å². The molecule has 1 rings (SSSR count). The van der Waals surface area contributed by atoms with Gasteiger partial charge in [-0.15, -0.1) is 0 Å². The molecule has 0 aromatic rings. The maximum atomic E-state index is 9.30. The molecule has 92 valence electrons. The van der Waals surface area contributed by atoms with Crippen molar-refractivity contribution in [1.82, 2.24) is 4.90 Å². The van der Waals surface area contributed by atoms with Gasteiger partial charge in [0.05, 0.1) is 6.07 Å². The summed E-state index contributed by atoms with van der Waals surface area (Å²) in [6, 6.07) is 2.55. The molecule has 1 aliphatic heterocycles. The lowest BCUT2D eigenvalue weighted by atomic mass is 9.82. The molecule has 0 spiro atoms. The predicted molar refractivity (Wildman–Crippen MR) is 68.0 cm³/mol. The highest BCUT2D eigenvalue weighted by Crippen LogP contribution is 2.30. The Morgan fingerprint density at radius 3 is 2.00 bits per heavy atom. The van der Waals surface area contributed by atoms with Crippen LogP contribution in [0.25, 0.3) is 0 Å². The molecule has 0 aromatic carbocycles. The summed E-state index contributed by atoms with van der Waals surface area (Å²) in [4.78, 5) is 2.37. The summed E-state index contributed by atoms with van der Waals surface area (Å²) in [6.07, 6.45) is 2.51. The first kappa shape index (κ1) is 13.5. The van der Waals surface area contributed by atoms with Gasteiger partial charge in [0, 0.05) is 0 Å². The largest absolute Gasteiger partial charge is 0.288 e.